The Bertz CT molecular complexity index is 665. The number of carboxylic acid groups (broad SMARTS) is 1. The van der Waals surface area contributed by atoms with Gasteiger partial charge in [-0.2, -0.15) is 0 Å². The van der Waals surface area contributed by atoms with E-state index >= 15 is 0 Å². The predicted octanol–water partition coefficient (Wildman–Crippen LogP) is 2.39. The molecule has 1 amide bonds. The van der Waals surface area contributed by atoms with Crippen LogP contribution in [-0.4, -0.2) is 30.1 Å². The zero-order valence-corrected chi connectivity index (χ0v) is 13.0. The molecule has 0 aromatic heterocycles. The van der Waals surface area contributed by atoms with E-state index in [1.165, 1.54) is 7.11 Å². The van der Waals surface area contributed by atoms with Gasteiger partial charge in [0, 0.05) is 5.69 Å². The SMILES string of the molecule is COC(=O)c1cccc(NC(=O)[C@H]2CC=CC[C@@H]2C(=O)O)c1C. The number of benzene rings is 1. The predicted molar refractivity (Wildman–Crippen MR) is 84.1 cm³/mol. The summed E-state index contributed by atoms with van der Waals surface area (Å²) in [6.45, 7) is 1.71. The lowest BCUT2D eigenvalue weighted by atomic mass is 9.82. The third-order valence-electron chi connectivity index (χ3n) is 4.08. The molecule has 1 aliphatic carbocycles. The van der Waals surface area contributed by atoms with Crippen molar-refractivity contribution in [1.29, 1.82) is 0 Å². The van der Waals surface area contributed by atoms with Crippen LogP contribution in [0.15, 0.2) is 30.4 Å². The molecule has 1 aliphatic rings. The van der Waals surface area contributed by atoms with E-state index in [1.807, 2.05) is 6.08 Å². The Morgan fingerprint density at radius 1 is 1.17 bits per heavy atom. The average molecular weight is 317 g/mol. The summed E-state index contributed by atoms with van der Waals surface area (Å²) < 4.78 is 4.70. The number of carbonyl (C=O) groups excluding carboxylic acids is 2. The molecule has 1 aromatic rings. The van der Waals surface area contributed by atoms with Crippen molar-refractivity contribution in [3.05, 3.63) is 41.5 Å². The molecule has 2 rings (SSSR count). The first-order valence-corrected chi connectivity index (χ1v) is 7.32. The molecule has 0 radical (unpaired) electrons. The number of carbonyl (C=O) groups is 3. The maximum absolute atomic E-state index is 12.5. The van der Waals surface area contributed by atoms with Crippen molar-refractivity contribution in [2.24, 2.45) is 11.8 Å². The molecular weight excluding hydrogens is 298 g/mol. The van der Waals surface area contributed by atoms with Crippen molar-refractivity contribution in [2.75, 3.05) is 12.4 Å². The minimum absolute atomic E-state index is 0.342. The molecule has 6 nitrogen and oxygen atoms in total. The Labute approximate surface area is 134 Å². The van der Waals surface area contributed by atoms with E-state index in [0.717, 1.165) is 0 Å². The number of aliphatic carboxylic acids is 1. The summed E-state index contributed by atoms with van der Waals surface area (Å²) in [5.74, 6) is -3.17. The number of carboxylic acids is 1. The van der Waals surface area contributed by atoms with Gasteiger partial charge in [-0.1, -0.05) is 18.2 Å². The average Bonchev–Trinajstić information content (AvgIpc) is 2.56. The summed E-state index contributed by atoms with van der Waals surface area (Å²) in [6.07, 6.45) is 4.33. The number of esters is 1. The lowest BCUT2D eigenvalue weighted by Gasteiger charge is -2.24. The fourth-order valence-corrected chi connectivity index (χ4v) is 2.70. The molecule has 0 saturated carbocycles. The standard InChI is InChI=1S/C17H19NO5/c1-10-11(17(22)23-2)8-5-9-14(10)18-15(19)12-6-3-4-7-13(12)16(20)21/h3-5,8-9,12-13H,6-7H2,1-2H3,(H,18,19)(H,20,21)/t12-,13-/m0/s1. The van der Waals surface area contributed by atoms with Gasteiger partial charge in [0.25, 0.3) is 0 Å². The third kappa shape index (κ3) is 3.59. The summed E-state index contributed by atoms with van der Waals surface area (Å²) in [6, 6.07) is 4.93. The number of nitrogens with one attached hydrogen (secondary N) is 1. The highest BCUT2D eigenvalue weighted by atomic mass is 16.5. The van der Waals surface area contributed by atoms with Crippen LogP contribution in [-0.2, 0) is 14.3 Å². The van der Waals surface area contributed by atoms with Crippen molar-refractivity contribution in [1.82, 2.24) is 0 Å². The van der Waals surface area contributed by atoms with Gasteiger partial charge in [-0.05, 0) is 37.5 Å². The summed E-state index contributed by atoms with van der Waals surface area (Å²) in [5.41, 5.74) is 1.44. The largest absolute Gasteiger partial charge is 0.481 e. The number of rotatable bonds is 4. The lowest BCUT2D eigenvalue weighted by molar-refractivity contribution is -0.146. The van der Waals surface area contributed by atoms with Gasteiger partial charge >= 0.3 is 11.9 Å². The fourth-order valence-electron chi connectivity index (χ4n) is 2.70. The minimum atomic E-state index is -0.977. The van der Waals surface area contributed by atoms with Crippen molar-refractivity contribution >= 4 is 23.5 Å². The molecule has 0 aliphatic heterocycles. The molecule has 0 heterocycles. The summed E-state index contributed by atoms with van der Waals surface area (Å²) >= 11 is 0. The van der Waals surface area contributed by atoms with E-state index in [1.54, 1.807) is 31.2 Å². The van der Waals surface area contributed by atoms with Crippen LogP contribution in [0.1, 0.15) is 28.8 Å². The second kappa shape index (κ2) is 7.09. The second-order valence-corrected chi connectivity index (χ2v) is 5.45. The summed E-state index contributed by atoms with van der Waals surface area (Å²) in [5, 5.41) is 12.0. The van der Waals surface area contributed by atoms with Crippen LogP contribution in [0.4, 0.5) is 5.69 Å². The highest BCUT2D eigenvalue weighted by Gasteiger charge is 2.34. The normalized spacial score (nSPS) is 19.9. The molecule has 0 fully saturated rings. The van der Waals surface area contributed by atoms with Gasteiger partial charge < -0.3 is 15.2 Å². The number of amides is 1. The molecule has 0 unspecified atom stereocenters. The Hall–Kier alpha value is -2.63. The first-order chi connectivity index (χ1) is 11.0. The van der Waals surface area contributed by atoms with Crippen LogP contribution in [0.2, 0.25) is 0 Å². The van der Waals surface area contributed by atoms with Crippen molar-refractivity contribution in [2.45, 2.75) is 19.8 Å². The van der Waals surface area contributed by atoms with Crippen molar-refractivity contribution in [3.63, 3.8) is 0 Å². The smallest absolute Gasteiger partial charge is 0.338 e. The Balaban J connectivity index is 2.22. The minimum Gasteiger partial charge on any atom is -0.481 e. The van der Waals surface area contributed by atoms with Gasteiger partial charge in [0.05, 0.1) is 24.5 Å². The number of hydrogen-bond acceptors (Lipinski definition) is 4. The number of hydrogen-bond donors (Lipinski definition) is 2. The first-order valence-electron chi connectivity index (χ1n) is 7.32. The van der Waals surface area contributed by atoms with Gasteiger partial charge in [-0.15, -0.1) is 0 Å². The molecule has 0 spiro atoms. The Kier molecular flexibility index (Phi) is 5.16. The maximum atomic E-state index is 12.5. The maximum Gasteiger partial charge on any atom is 0.338 e. The van der Waals surface area contributed by atoms with Crippen LogP contribution in [0, 0.1) is 18.8 Å². The molecule has 2 atom stereocenters. The Morgan fingerprint density at radius 2 is 1.83 bits per heavy atom. The zero-order chi connectivity index (χ0) is 17.0. The van der Waals surface area contributed by atoms with Gasteiger partial charge in [-0.25, -0.2) is 4.79 Å². The van der Waals surface area contributed by atoms with E-state index in [2.05, 4.69) is 5.32 Å². The third-order valence-corrected chi connectivity index (χ3v) is 4.08. The molecule has 6 heteroatoms. The second-order valence-electron chi connectivity index (χ2n) is 5.45. The van der Waals surface area contributed by atoms with Crippen molar-refractivity contribution in [3.8, 4) is 0 Å². The van der Waals surface area contributed by atoms with E-state index in [0.29, 0.717) is 29.7 Å². The van der Waals surface area contributed by atoms with E-state index in [9.17, 15) is 19.5 Å². The number of anilines is 1. The van der Waals surface area contributed by atoms with Gasteiger partial charge in [0.1, 0.15) is 0 Å². The summed E-state index contributed by atoms with van der Waals surface area (Å²) in [4.78, 5) is 35.5. The van der Waals surface area contributed by atoms with Gasteiger partial charge in [0.15, 0.2) is 0 Å². The molecule has 1 aromatic carbocycles. The highest BCUT2D eigenvalue weighted by Crippen LogP contribution is 2.28. The van der Waals surface area contributed by atoms with Crippen LogP contribution in [0.25, 0.3) is 0 Å². The van der Waals surface area contributed by atoms with E-state index < -0.39 is 23.8 Å². The number of allylic oxidation sites excluding steroid dienone is 2. The van der Waals surface area contributed by atoms with Crippen molar-refractivity contribution < 1.29 is 24.2 Å². The molecule has 0 bridgehead atoms. The van der Waals surface area contributed by atoms with Crippen LogP contribution < -0.4 is 5.32 Å². The van der Waals surface area contributed by atoms with Crippen LogP contribution >= 0.6 is 0 Å². The topological polar surface area (TPSA) is 92.7 Å². The molecular formula is C17H19NO5. The first kappa shape index (κ1) is 16.7. The van der Waals surface area contributed by atoms with E-state index in [4.69, 9.17) is 4.74 Å². The monoisotopic (exact) mass is 317 g/mol. The summed E-state index contributed by atoms with van der Waals surface area (Å²) in [7, 11) is 1.29. The van der Waals surface area contributed by atoms with Crippen LogP contribution in [0.3, 0.4) is 0 Å². The molecule has 122 valence electrons. The molecule has 0 saturated heterocycles. The zero-order valence-electron chi connectivity index (χ0n) is 13.0. The lowest BCUT2D eigenvalue weighted by Crippen LogP contribution is -2.35. The molecule has 2 N–H and O–H groups in total. The quantitative estimate of drug-likeness (QED) is 0.657. The number of ether oxygens (including phenoxy) is 1. The van der Waals surface area contributed by atoms with Crippen LogP contribution in [0.5, 0.6) is 0 Å². The molecule has 23 heavy (non-hydrogen) atoms. The van der Waals surface area contributed by atoms with Gasteiger partial charge in [0.2, 0.25) is 5.91 Å². The highest BCUT2D eigenvalue weighted by molar-refractivity contribution is 5.98. The fraction of sp³-hybridized carbons (Fsp3) is 0.353. The Morgan fingerprint density at radius 3 is 2.43 bits per heavy atom. The number of methoxy groups -OCH3 is 1. The van der Waals surface area contributed by atoms with Gasteiger partial charge in [-0.3, -0.25) is 9.59 Å². The van der Waals surface area contributed by atoms with E-state index in [-0.39, 0.29) is 5.91 Å².